The predicted octanol–water partition coefficient (Wildman–Crippen LogP) is 3.10. The summed E-state index contributed by atoms with van der Waals surface area (Å²) in [6, 6.07) is 5.90. The molecule has 0 radical (unpaired) electrons. The molecule has 0 saturated carbocycles. The predicted molar refractivity (Wildman–Crippen MR) is 79.0 cm³/mol. The van der Waals surface area contributed by atoms with Gasteiger partial charge in [0.1, 0.15) is 0 Å². The van der Waals surface area contributed by atoms with Crippen molar-refractivity contribution < 1.29 is 0 Å². The van der Waals surface area contributed by atoms with E-state index in [2.05, 4.69) is 24.2 Å². The van der Waals surface area contributed by atoms with Crippen molar-refractivity contribution in [3.63, 3.8) is 0 Å². The maximum absolute atomic E-state index is 5.97. The Morgan fingerprint density at radius 1 is 1.44 bits per heavy atom. The molecule has 1 rings (SSSR count). The van der Waals surface area contributed by atoms with Crippen LogP contribution < -0.4 is 11.1 Å². The third-order valence-electron chi connectivity index (χ3n) is 2.68. The second kappa shape index (κ2) is 7.27. The number of halogens is 1. The third-order valence-corrected chi connectivity index (χ3v) is 3.11. The van der Waals surface area contributed by atoms with Gasteiger partial charge in [0.05, 0.1) is 6.54 Å². The molecule has 1 aromatic carbocycles. The highest BCUT2D eigenvalue weighted by atomic mass is 35.5. The first-order valence-corrected chi connectivity index (χ1v) is 6.65. The Bertz CT molecular complexity index is 414. The van der Waals surface area contributed by atoms with Crippen molar-refractivity contribution in [3.05, 3.63) is 34.3 Å². The van der Waals surface area contributed by atoms with Crippen LogP contribution in [-0.4, -0.2) is 12.5 Å². The molecule has 0 atom stereocenters. The minimum Gasteiger partial charge on any atom is -0.370 e. The molecule has 0 unspecified atom stereocenters. The van der Waals surface area contributed by atoms with E-state index in [9.17, 15) is 0 Å². The molecule has 0 aromatic heterocycles. The van der Waals surface area contributed by atoms with Gasteiger partial charge in [0.15, 0.2) is 5.96 Å². The van der Waals surface area contributed by atoms with Gasteiger partial charge < -0.3 is 11.1 Å². The summed E-state index contributed by atoms with van der Waals surface area (Å²) in [6.07, 6.45) is 1.09. The van der Waals surface area contributed by atoms with Crippen LogP contribution in [0.2, 0.25) is 5.02 Å². The minimum atomic E-state index is 0.503. The van der Waals surface area contributed by atoms with E-state index in [1.165, 1.54) is 0 Å². The number of guanidine groups is 1. The Balaban J connectivity index is 2.44. The lowest BCUT2D eigenvalue weighted by Crippen LogP contribution is -2.32. The lowest BCUT2D eigenvalue weighted by Gasteiger charge is -2.07. The maximum atomic E-state index is 5.97. The molecule has 0 aliphatic heterocycles. The molecule has 4 heteroatoms. The topological polar surface area (TPSA) is 50.4 Å². The normalized spacial score (nSPS) is 11.9. The number of nitrogens with one attached hydrogen (secondary N) is 1. The van der Waals surface area contributed by atoms with Gasteiger partial charge in [-0.25, -0.2) is 4.99 Å². The first kappa shape index (κ1) is 14.8. The molecule has 3 N–H and O–H groups in total. The summed E-state index contributed by atoms with van der Waals surface area (Å²) in [5.74, 6) is 1.17. The van der Waals surface area contributed by atoms with Crippen molar-refractivity contribution in [1.29, 1.82) is 0 Å². The van der Waals surface area contributed by atoms with E-state index in [1.807, 2.05) is 25.1 Å². The highest BCUT2D eigenvalue weighted by Crippen LogP contribution is 2.16. The van der Waals surface area contributed by atoms with Crippen molar-refractivity contribution in [2.45, 2.75) is 33.7 Å². The number of hydrogen-bond acceptors (Lipinski definition) is 1. The van der Waals surface area contributed by atoms with Crippen molar-refractivity contribution in [3.8, 4) is 0 Å². The number of aliphatic imine (C=N–C) groups is 1. The molecule has 3 nitrogen and oxygen atoms in total. The first-order valence-electron chi connectivity index (χ1n) is 6.28. The quantitative estimate of drug-likeness (QED) is 0.636. The Hall–Kier alpha value is -1.22. The Kier molecular flexibility index (Phi) is 5.99. The highest BCUT2D eigenvalue weighted by Gasteiger charge is 1.98. The summed E-state index contributed by atoms with van der Waals surface area (Å²) in [4.78, 5) is 4.30. The first-order chi connectivity index (χ1) is 8.49. The van der Waals surface area contributed by atoms with Crippen LogP contribution in [0.25, 0.3) is 0 Å². The van der Waals surface area contributed by atoms with Crippen molar-refractivity contribution in [2.75, 3.05) is 6.54 Å². The van der Waals surface area contributed by atoms with Gasteiger partial charge in [0, 0.05) is 11.6 Å². The Morgan fingerprint density at radius 2 is 2.17 bits per heavy atom. The van der Waals surface area contributed by atoms with Crippen LogP contribution in [0.4, 0.5) is 0 Å². The third kappa shape index (κ3) is 5.41. The van der Waals surface area contributed by atoms with Crippen LogP contribution in [0.3, 0.4) is 0 Å². The SMILES string of the molecule is Cc1cc(CN=C(N)NCCC(C)C)ccc1Cl. The Morgan fingerprint density at radius 3 is 2.78 bits per heavy atom. The Labute approximate surface area is 114 Å². The summed E-state index contributed by atoms with van der Waals surface area (Å²) < 4.78 is 0. The van der Waals surface area contributed by atoms with Crippen LogP contribution in [0.5, 0.6) is 0 Å². The van der Waals surface area contributed by atoms with Crippen LogP contribution in [-0.2, 0) is 6.54 Å². The molecular weight excluding hydrogens is 246 g/mol. The summed E-state index contributed by atoms with van der Waals surface area (Å²) in [7, 11) is 0. The molecule has 100 valence electrons. The molecule has 0 aliphatic rings. The van der Waals surface area contributed by atoms with E-state index in [0.29, 0.717) is 18.4 Å². The molecule has 0 spiro atoms. The highest BCUT2D eigenvalue weighted by molar-refractivity contribution is 6.31. The molecule has 0 fully saturated rings. The fraction of sp³-hybridized carbons (Fsp3) is 0.500. The zero-order valence-corrected chi connectivity index (χ0v) is 12.1. The lowest BCUT2D eigenvalue weighted by molar-refractivity contribution is 0.576. The molecule has 18 heavy (non-hydrogen) atoms. The van der Waals surface area contributed by atoms with Gasteiger partial charge in [-0.15, -0.1) is 0 Å². The van der Waals surface area contributed by atoms with Crippen molar-refractivity contribution in [1.82, 2.24) is 5.32 Å². The number of rotatable bonds is 5. The van der Waals surface area contributed by atoms with Gasteiger partial charge in [-0.2, -0.15) is 0 Å². The second-order valence-corrected chi connectivity index (χ2v) is 5.30. The lowest BCUT2D eigenvalue weighted by atomic mass is 10.1. The summed E-state index contributed by atoms with van der Waals surface area (Å²) in [6.45, 7) is 7.81. The van der Waals surface area contributed by atoms with E-state index >= 15 is 0 Å². The summed E-state index contributed by atoms with van der Waals surface area (Å²) in [5, 5.41) is 3.90. The van der Waals surface area contributed by atoms with Crippen LogP contribution >= 0.6 is 11.6 Å². The fourth-order valence-corrected chi connectivity index (χ4v) is 1.64. The van der Waals surface area contributed by atoms with Gasteiger partial charge in [0.2, 0.25) is 0 Å². The van der Waals surface area contributed by atoms with E-state index in [4.69, 9.17) is 17.3 Å². The van der Waals surface area contributed by atoms with Gasteiger partial charge in [-0.05, 0) is 36.5 Å². The summed E-state index contributed by atoms with van der Waals surface area (Å²) >= 11 is 5.97. The van der Waals surface area contributed by atoms with Gasteiger partial charge in [-0.3, -0.25) is 0 Å². The molecule has 0 heterocycles. The zero-order valence-electron chi connectivity index (χ0n) is 11.3. The van der Waals surface area contributed by atoms with Gasteiger partial charge >= 0.3 is 0 Å². The fourth-order valence-electron chi connectivity index (χ4n) is 1.53. The van der Waals surface area contributed by atoms with E-state index < -0.39 is 0 Å². The van der Waals surface area contributed by atoms with E-state index in [1.54, 1.807) is 0 Å². The minimum absolute atomic E-state index is 0.503. The standard InChI is InChI=1S/C14H22ClN3/c1-10(2)6-7-17-14(16)18-9-12-4-5-13(15)11(3)8-12/h4-5,8,10H,6-7,9H2,1-3H3,(H3,16,17,18). The van der Waals surface area contributed by atoms with E-state index in [-0.39, 0.29) is 0 Å². The maximum Gasteiger partial charge on any atom is 0.188 e. The van der Waals surface area contributed by atoms with Gasteiger partial charge in [-0.1, -0.05) is 37.6 Å². The summed E-state index contributed by atoms with van der Waals surface area (Å²) in [5.41, 5.74) is 7.97. The average Bonchev–Trinajstić information content (AvgIpc) is 2.30. The zero-order chi connectivity index (χ0) is 13.5. The van der Waals surface area contributed by atoms with Crippen LogP contribution in [0, 0.1) is 12.8 Å². The largest absolute Gasteiger partial charge is 0.370 e. The van der Waals surface area contributed by atoms with Crippen LogP contribution in [0.15, 0.2) is 23.2 Å². The van der Waals surface area contributed by atoms with Crippen molar-refractivity contribution >= 4 is 17.6 Å². The molecule has 0 amide bonds. The molecule has 0 bridgehead atoms. The number of nitrogens with two attached hydrogens (primary N) is 1. The van der Waals surface area contributed by atoms with Gasteiger partial charge in [0.25, 0.3) is 0 Å². The molecule has 1 aromatic rings. The average molecular weight is 268 g/mol. The molecule has 0 aliphatic carbocycles. The number of hydrogen-bond donors (Lipinski definition) is 2. The molecule has 0 saturated heterocycles. The second-order valence-electron chi connectivity index (χ2n) is 4.89. The number of benzene rings is 1. The number of nitrogens with zero attached hydrogens (tertiary/aromatic N) is 1. The van der Waals surface area contributed by atoms with Crippen molar-refractivity contribution in [2.24, 2.45) is 16.6 Å². The van der Waals surface area contributed by atoms with Crippen LogP contribution in [0.1, 0.15) is 31.4 Å². The van der Waals surface area contributed by atoms with E-state index in [0.717, 1.165) is 29.1 Å². The number of aryl methyl sites for hydroxylation is 1. The molecular formula is C14H22ClN3. The monoisotopic (exact) mass is 267 g/mol. The smallest absolute Gasteiger partial charge is 0.188 e.